The van der Waals surface area contributed by atoms with Crippen molar-refractivity contribution in [3.05, 3.63) is 66.1 Å². The summed E-state index contributed by atoms with van der Waals surface area (Å²) in [4.78, 5) is 12.6. The molecule has 0 atom stereocenters. The molecule has 1 aliphatic heterocycles. The van der Waals surface area contributed by atoms with Gasteiger partial charge in [0.25, 0.3) is 0 Å². The van der Waals surface area contributed by atoms with Gasteiger partial charge in [-0.2, -0.15) is 4.31 Å². The van der Waals surface area contributed by atoms with Crippen molar-refractivity contribution >= 4 is 26.8 Å². The molecule has 1 aliphatic rings. The van der Waals surface area contributed by atoms with Gasteiger partial charge in [0.05, 0.1) is 4.90 Å². The van der Waals surface area contributed by atoms with Crippen molar-refractivity contribution in [1.29, 1.82) is 0 Å². The Labute approximate surface area is 181 Å². The van der Waals surface area contributed by atoms with Gasteiger partial charge in [-0.05, 0) is 49.1 Å². The van der Waals surface area contributed by atoms with E-state index in [1.165, 1.54) is 6.07 Å². The second-order valence-electron chi connectivity index (χ2n) is 8.12. The number of piperidine rings is 1. The van der Waals surface area contributed by atoms with Crippen LogP contribution < -0.4 is 5.32 Å². The SMILES string of the molecule is CC1CCN(S(=O)(=O)c2ccc3c(ccn3CC(=O)NCc3ccccc3F)c2)CC1. The predicted molar refractivity (Wildman–Crippen MR) is 117 cm³/mol. The standard InChI is InChI=1S/C23H26FN3O3S/c1-17-8-12-27(13-9-17)31(29,30)20-6-7-22-18(14-20)10-11-26(22)16-23(28)25-15-19-4-2-3-5-21(19)24/h2-7,10-11,14,17H,8-9,12-13,15-16H2,1H3,(H,25,28). The lowest BCUT2D eigenvalue weighted by atomic mass is 10.0. The summed E-state index contributed by atoms with van der Waals surface area (Å²) in [7, 11) is -3.52. The number of aromatic nitrogens is 1. The van der Waals surface area contributed by atoms with Gasteiger partial charge < -0.3 is 9.88 Å². The van der Waals surface area contributed by atoms with Gasteiger partial charge in [-0.15, -0.1) is 0 Å². The molecule has 3 aromatic rings. The van der Waals surface area contributed by atoms with Gasteiger partial charge in [0, 0.05) is 42.3 Å². The molecule has 0 bridgehead atoms. The van der Waals surface area contributed by atoms with Gasteiger partial charge in [-0.1, -0.05) is 25.1 Å². The number of sulfonamides is 1. The van der Waals surface area contributed by atoms with E-state index in [1.807, 2.05) is 0 Å². The summed E-state index contributed by atoms with van der Waals surface area (Å²) < 4.78 is 43.0. The van der Waals surface area contributed by atoms with Gasteiger partial charge in [0.1, 0.15) is 12.4 Å². The third-order valence-corrected chi connectivity index (χ3v) is 7.77. The molecular weight excluding hydrogens is 417 g/mol. The first-order chi connectivity index (χ1) is 14.8. The van der Waals surface area contributed by atoms with E-state index in [9.17, 15) is 17.6 Å². The van der Waals surface area contributed by atoms with Crippen molar-refractivity contribution in [1.82, 2.24) is 14.2 Å². The number of halogens is 1. The monoisotopic (exact) mass is 443 g/mol. The number of fused-ring (bicyclic) bond motifs is 1. The first kappa shape index (κ1) is 21.5. The van der Waals surface area contributed by atoms with Crippen molar-refractivity contribution in [2.24, 2.45) is 5.92 Å². The molecule has 0 radical (unpaired) electrons. The number of carbonyl (C=O) groups is 1. The fourth-order valence-electron chi connectivity index (χ4n) is 3.90. The summed E-state index contributed by atoms with van der Waals surface area (Å²) in [6.07, 6.45) is 3.51. The Morgan fingerprint density at radius 2 is 1.87 bits per heavy atom. The maximum Gasteiger partial charge on any atom is 0.243 e. The number of rotatable bonds is 6. The van der Waals surface area contributed by atoms with E-state index in [2.05, 4.69) is 12.2 Å². The van der Waals surface area contributed by atoms with Gasteiger partial charge in [-0.25, -0.2) is 12.8 Å². The van der Waals surface area contributed by atoms with Gasteiger partial charge in [-0.3, -0.25) is 4.79 Å². The minimum absolute atomic E-state index is 0.0636. The van der Waals surface area contributed by atoms with E-state index in [4.69, 9.17) is 0 Å². The van der Waals surface area contributed by atoms with E-state index >= 15 is 0 Å². The Kier molecular flexibility index (Phi) is 6.11. The van der Waals surface area contributed by atoms with Gasteiger partial charge in [0.15, 0.2) is 0 Å². The third kappa shape index (κ3) is 4.65. The summed E-state index contributed by atoms with van der Waals surface area (Å²) in [6, 6.07) is 13.1. The second kappa shape index (κ2) is 8.80. The highest BCUT2D eigenvalue weighted by atomic mass is 32.2. The van der Waals surface area contributed by atoms with Crippen LogP contribution in [-0.4, -0.2) is 36.3 Å². The number of benzene rings is 2. The Hall–Kier alpha value is -2.71. The molecule has 31 heavy (non-hydrogen) atoms. The minimum Gasteiger partial charge on any atom is -0.350 e. The van der Waals surface area contributed by atoms with Crippen LogP contribution in [0.1, 0.15) is 25.3 Å². The highest BCUT2D eigenvalue weighted by molar-refractivity contribution is 7.89. The van der Waals surface area contributed by atoms with Crippen LogP contribution in [0.25, 0.3) is 10.9 Å². The predicted octanol–water partition coefficient (Wildman–Crippen LogP) is 3.52. The number of carbonyl (C=O) groups excluding carboxylic acids is 1. The fraction of sp³-hybridized carbons (Fsp3) is 0.348. The van der Waals surface area contributed by atoms with Crippen LogP contribution in [0, 0.1) is 11.7 Å². The highest BCUT2D eigenvalue weighted by Crippen LogP contribution is 2.26. The van der Waals surface area contributed by atoms with E-state index in [1.54, 1.807) is 57.5 Å². The molecule has 8 heteroatoms. The minimum atomic E-state index is -3.52. The maximum absolute atomic E-state index is 13.7. The number of amides is 1. The van der Waals surface area contributed by atoms with Crippen LogP contribution >= 0.6 is 0 Å². The van der Waals surface area contributed by atoms with Crippen LogP contribution in [0.2, 0.25) is 0 Å². The third-order valence-electron chi connectivity index (χ3n) is 5.87. The van der Waals surface area contributed by atoms with Gasteiger partial charge >= 0.3 is 0 Å². The summed E-state index contributed by atoms with van der Waals surface area (Å²) in [5.41, 5.74) is 1.20. The van der Waals surface area contributed by atoms with E-state index < -0.39 is 10.0 Å². The van der Waals surface area contributed by atoms with Gasteiger partial charge in [0.2, 0.25) is 15.9 Å². The van der Waals surface area contributed by atoms with Crippen molar-refractivity contribution in [3.8, 4) is 0 Å². The lowest BCUT2D eigenvalue weighted by Gasteiger charge is -2.29. The zero-order valence-electron chi connectivity index (χ0n) is 17.4. The normalized spacial score (nSPS) is 15.9. The second-order valence-corrected chi connectivity index (χ2v) is 10.1. The first-order valence-electron chi connectivity index (χ1n) is 10.4. The molecule has 1 N–H and O–H groups in total. The Bertz CT molecular complexity index is 1200. The number of nitrogens with one attached hydrogen (secondary N) is 1. The zero-order chi connectivity index (χ0) is 22.0. The molecule has 0 unspecified atom stereocenters. The van der Waals surface area contributed by atoms with Crippen LogP contribution in [0.15, 0.2) is 59.6 Å². The molecule has 6 nitrogen and oxygen atoms in total. The summed E-state index contributed by atoms with van der Waals surface area (Å²) in [5.74, 6) is -0.0569. The molecule has 164 valence electrons. The highest BCUT2D eigenvalue weighted by Gasteiger charge is 2.28. The average Bonchev–Trinajstić information content (AvgIpc) is 3.15. The van der Waals surface area contributed by atoms with Crippen LogP contribution in [0.3, 0.4) is 0 Å². The van der Waals surface area contributed by atoms with Crippen molar-refractivity contribution in [2.75, 3.05) is 13.1 Å². The quantitative estimate of drug-likeness (QED) is 0.634. The summed E-state index contributed by atoms with van der Waals surface area (Å²) >= 11 is 0. The largest absolute Gasteiger partial charge is 0.350 e. The topological polar surface area (TPSA) is 71.4 Å². The zero-order valence-corrected chi connectivity index (χ0v) is 18.2. The molecule has 1 amide bonds. The molecule has 1 aromatic heterocycles. The van der Waals surface area contributed by atoms with Crippen LogP contribution in [0.5, 0.6) is 0 Å². The van der Waals surface area contributed by atoms with Crippen molar-refractivity contribution in [2.45, 2.75) is 37.8 Å². The van der Waals surface area contributed by atoms with E-state index in [0.717, 1.165) is 23.7 Å². The molecule has 2 aromatic carbocycles. The van der Waals surface area contributed by atoms with Crippen LogP contribution in [0.4, 0.5) is 4.39 Å². The molecule has 0 aliphatic carbocycles. The Balaban J connectivity index is 1.46. The van der Waals surface area contributed by atoms with Crippen molar-refractivity contribution < 1.29 is 17.6 Å². The lowest BCUT2D eigenvalue weighted by Crippen LogP contribution is -2.37. The fourth-order valence-corrected chi connectivity index (χ4v) is 5.40. The molecule has 0 spiro atoms. The first-order valence-corrected chi connectivity index (χ1v) is 11.9. The Morgan fingerprint density at radius 1 is 1.13 bits per heavy atom. The summed E-state index contributed by atoms with van der Waals surface area (Å²) in [5, 5.41) is 3.48. The summed E-state index contributed by atoms with van der Waals surface area (Å²) in [6.45, 7) is 3.41. The molecule has 1 saturated heterocycles. The maximum atomic E-state index is 13.7. The Morgan fingerprint density at radius 3 is 2.61 bits per heavy atom. The number of hydrogen-bond acceptors (Lipinski definition) is 3. The van der Waals surface area contributed by atoms with Crippen molar-refractivity contribution in [3.63, 3.8) is 0 Å². The molecular formula is C23H26FN3O3S. The van der Waals surface area contributed by atoms with Crippen LogP contribution in [-0.2, 0) is 27.9 Å². The number of hydrogen-bond donors (Lipinski definition) is 1. The molecule has 2 heterocycles. The average molecular weight is 444 g/mol. The molecule has 1 fully saturated rings. The van der Waals surface area contributed by atoms with E-state index in [0.29, 0.717) is 24.6 Å². The smallest absolute Gasteiger partial charge is 0.243 e. The number of nitrogens with zero attached hydrogens (tertiary/aromatic N) is 2. The van der Waals surface area contributed by atoms with E-state index in [-0.39, 0.29) is 29.7 Å². The molecule has 4 rings (SSSR count). The lowest BCUT2D eigenvalue weighted by molar-refractivity contribution is -0.121. The molecule has 0 saturated carbocycles.